The lowest BCUT2D eigenvalue weighted by molar-refractivity contribution is -0.143. The van der Waals surface area contributed by atoms with E-state index in [-0.39, 0.29) is 18.5 Å². The lowest BCUT2D eigenvalue weighted by atomic mass is 10.0. The fourth-order valence-electron chi connectivity index (χ4n) is 11.3. The van der Waals surface area contributed by atoms with Crippen molar-refractivity contribution in [2.45, 2.75) is 411 Å². The number of carbonyl (C=O) groups excluding carboxylic acids is 2. The van der Waals surface area contributed by atoms with E-state index in [1.165, 1.54) is 327 Å². The van der Waals surface area contributed by atoms with Crippen molar-refractivity contribution in [2.24, 2.45) is 0 Å². The average molecular weight is 1100 g/mol. The van der Waals surface area contributed by atoms with Crippen LogP contribution in [0.25, 0.3) is 0 Å². The molecule has 3 N–H and O–H groups in total. The number of hydrogen-bond donors (Lipinski definition) is 3. The van der Waals surface area contributed by atoms with E-state index in [4.69, 9.17) is 4.74 Å². The molecule has 0 radical (unpaired) electrons. The summed E-state index contributed by atoms with van der Waals surface area (Å²) in [7, 11) is 0. The van der Waals surface area contributed by atoms with Gasteiger partial charge in [-0.25, -0.2) is 0 Å². The van der Waals surface area contributed by atoms with Crippen molar-refractivity contribution in [3.05, 3.63) is 24.3 Å². The minimum absolute atomic E-state index is 0.0158. The van der Waals surface area contributed by atoms with Crippen LogP contribution < -0.4 is 5.32 Å². The number of esters is 1. The summed E-state index contributed by atoms with van der Waals surface area (Å²) in [6, 6.07) is -0.633. The van der Waals surface area contributed by atoms with E-state index in [1.807, 2.05) is 6.08 Å². The van der Waals surface area contributed by atoms with Gasteiger partial charge in [-0.05, 0) is 57.8 Å². The Morgan fingerprint density at radius 2 is 0.603 bits per heavy atom. The van der Waals surface area contributed by atoms with Crippen molar-refractivity contribution >= 4 is 11.9 Å². The largest absolute Gasteiger partial charge is 0.466 e. The summed E-state index contributed by atoms with van der Waals surface area (Å²) in [6.45, 7) is 4.94. The first kappa shape index (κ1) is 76.3. The van der Waals surface area contributed by atoms with Gasteiger partial charge >= 0.3 is 5.97 Å². The Hall–Kier alpha value is -1.66. The predicted octanol–water partition coefficient (Wildman–Crippen LogP) is 22.9. The van der Waals surface area contributed by atoms with Gasteiger partial charge in [0.2, 0.25) is 5.91 Å². The first-order valence-electron chi connectivity index (χ1n) is 35.6. The Bertz CT molecular complexity index is 1220. The number of carbonyl (C=O) groups is 2. The molecular weight excluding hydrogens is 959 g/mol. The van der Waals surface area contributed by atoms with Crippen molar-refractivity contribution < 1.29 is 24.5 Å². The normalized spacial score (nSPS) is 12.6. The third kappa shape index (κ3) is 63.5. The molecule has 0 bridgehead atoms. The molecule has 0 fully saturated rings. The number of allylic oxidation sites excluding steroid dienone is 3. The van der Waals surface area contributed by atoms with Crippen LogP contribution >= 0.6 is 0 Å². The molecule has 0 spiro atoms. The minimum Gasteiger partial charge on any atom is -0.466 e. The average Bonchev–Trinajstić information content (AvgIpc) is 3.44. The summed E-state index contributed by atoms with van der Waals surface area (Å²) in [5, 5.41) is 23.2. The quantitative estimate of drug-likeness (QED) is 0.0320. The van der Waals surface area contributed by atoms with Crippen LogP contribution in [0.1, 0.15) is 399 Å². The maximum Gasteiger partial charge on any atom is 0.305 e. The Labute approximate surface area is 488 Å². The van der Waals surface area contributed by atoms with Crippen LogP contribution in [0.15, 0.2) is 24.3 Å². The Kier molecular flexibility index (Phi) is 66.4. The summed E-state index contributed by atoms with van der Waals surface area (Å²) < 4.78 is 5.50. The molecule has 0 aromatic heterocycles. The summed E-state index contributed by atoms with van der Waals surface area (Å²) >= 11 is 0. The molecule has 0 heterocycles. The lowest BCUT2D eigenvalue weighted by Crippen LogP contribution is -2.45. The molecule has 78 heavy (non-hydrogen) atoms. The van der Waals surface area contributed by atoms with Crippen LogP contribution in [-0.4, -0.2) is 47.4 Å². The number of amides is 1. The predicted molar refractivity (Wildman–Crippen MR) is 343 cm³/mol. The molecule has 0 aliphatic rings. The smallest absolute Gasteiger partial charge is 0.305 e. The number of nitrogens with one attached hydrogen (secondary N) is 1. The topological polar surface area (TPSA) is 95.9 Å². The summed E-state index contributed by atoms with van der Waals surface area (Å²) in [6.07, 6.45) is 85.4. The van der Waals surface area contributed by atoms with Crippen molar-refractivity contribution in [2.75, 3.05) is 13.2 Å². The van der Waals surface area contributed by atoms with Gasteiger partial charge in [-0.2, -0.15) is 0 Å². The van der Waals surface area contributed by atoms with Gasteiger partial charge in [0.15, 0.2) is 0 Å². The van der Waals surface area contributed by atoms with Gasteiger partial charge in [-0.1, -0.05) is 353 Å². The first-order chi connectivity index (χ1) is 38.5. The molecule has 0 aliphatic heterocycles. The van der Waals surface area contributed by atoms with Gasteiger partial charge in [-0.3, -0.25) is 9.59 Å². The Morgan fingerprint density at radius 1 is 0.346 bits per heavy atom. The maximum absolute atomic E-state index is 12.5. The monoisotopic (exact) mass is 1100 g/mol. The summed E-state index contributed by atoms with van der Waals surface area (Å²) in [5.41, 5.74) is 0. The molecule has 0 saturated heterocycles. The zero-order chi connectivity index (χ0) is 56.4. The van der Waals surface area contributed by atoms with Crippen LogP contribution in [0.5, 0.6) is 0 Å². The molecule has 0 aromatic rings. The molecule has 0 saturated carbocycles. The standard InChI is InChI=1S/C72H139NO5/c1-3-5-7-9-11-13-15-17-19-21-22-26-29-33-36-40-44-48-52-56-60-64-70(75)69(68-74)73-71(76)65-61-57-53-49-45-41-37-34-30-27-24-23-25-28-31-35-39-43-47-51-55-59-63-67-78-72(77)66-62-58-54-50-46-42-38-32-20-18-16-14-12-10-8-6-4-2/h27,30,60,64,69-70,74-75H,3-26,28-29,31-59,61-63,65-68H2,1-2H3,(H,73,76)/b30-27-,64-60+. The third-order valence-corrected chi connectivity index (χ3v) is 16.7. The molecule has 2 atom stereocenters. The number of rotatable bonds is 67. The van der Waals surface area contributed by atoms with E-state index in [1.54, 1.807) is 6.08 Å². The van der Waals surface area contributed by atoms with E-state index in [0.29, 0.717) is 19.4 Å². The minimum atomic E-state index is -0.849. The molecule has 1 amide bonds. The second-order valence-corrected chi connectivity index (χ2v) is 24.6. The Balaban J connectivity index is 3.42. The molecule has 0 aromatic carbocycles. The van der Waals surface area contributed by atoms with Gasteiger partial charge in [0.1, 0.15) is 0 Å². The SMILES string of the molecule is CCCCCCCCCCCCCCCCCCCCC/C=C/C(O)C(CO)NC(=O)CCCCCCCCC/C=C\CCCCCCCCCCCCCCOC(=O)CCCCCCCCCCCCCCCCCCC. The number of unbranched alkanes of at least 4 members (excludes halogenated alkanes) is 54. The van der Waals surface area contributed by atoms with E-state index < -0.39 is 12.1 Å². The van der Waals surface area contributed by atoms with Crippen molar-refractivity contribution in [3.8, 4) is 0 Å². The Morgan fingerprint density at radius 3 is 0.910 bits per heavy atom. The highest BCUT2D eigenvalue weighted by Crippen LogP contribution is 2.19. The number of aliphatic hydroxyl groups excluding tert-OH is 2. The van der Waals surface area contributed by atoms with Crippen LogP contribution in [0, 0.1) is 0 Å². The molecule has 0 aliphatic carbocycles. The second kappa shape index (κ2) is 67.8. The molecule has 6 nitrogen and oxygen atoms in total. The molecule has 2 unspecified atom stereocenters. The van der Waals surface area contributed by atoms with Crippen molar-refractivity contribution in [1.82, 2.24) is 5.32 Å². The molecule has 462 valence electrons. The van der Waals surface area contributed by atoms with Gasteiger partial charge < -0.3 is 20.3 Å². The lowest BCUT2D eigenvalue weighted by Gasteiger charge is -2.20. The van der Waals surface area contributed by atoms with Gasteiger partial charge in [0.05, 0.1) is 25.4 Å². The molecular formula is C72H139NO5. The highest BCUT2D eigenvalue weighted by atomic mass is 16.5. The fourth-order valence-corrected chi connectivity index (χ4v) is 11.3. The summed E-state index contributed by atoms with van der Waals surface area (Å²) in [5.74, 6) is -0.0545. The summed E-state index contributed by atoms with van der Waals surface area (Å²) in [4.78, 5) is 24.6. The van der Waals surface area contributed by atoms with Crippen LogP contribution in [0.3, 0.4) is 0 Å². The molecule has 6 heteroatoms. The van der Waals surface area contributed by atoms with E-state index in [2.05, 4.69) is 31.3 Å². The molecule has 0 rings (SSSR count). The van der Waals surface area contributed by atoms with E-state index >= 15 is 0 Å². The number of hydrogen-bond acceptors (Lipinski definition) is 5. The zero-order valence-electron chi connectivity index (χ0n) is 52.9. The number of aliphatic hydroxyl groups is 2. The van der Waals surface area contributed by atoms with Crippen molar-refractivity contribution in [1.29, 1.82) is 0 Å². The highest BCUT2D eigenvalue weighted by molar-refractivity contribution is 5.76. The van der Waals surface area contributed by atoms with Gasteiger partial charge in [0.25, 0.3) is 0 Å². The van der Waals surface area contributed by atoms with Crippen LogP contribution in [0.4, 0.5) is 0 Å². The van der Waals surface area contributed by atoms with Gasteiger partial charge in [-0.15, -0.1) is 0 Å². The number of ether oxygens (including phenoxy) is 1. The second-order valence-electron chi connectivity index (χ2n) is 24.6. The van der Waals surface area contributed by atoms with Gasteiger partial charge in [0, 0.05) is 12.8 Å². The van der Waals surface area contributed by atoms with E-state index in [9.17, 15) is 19.8 Å². The fraction of sp³-hybridized carbons (Fsp3) is 0.917. The first-order valence-corrected chi connectivity index (χ1v) is 35.6. The third-order valence-electron chi connectivity index (χ3n) is 16.7. The maximum atomic E-state index is 12.5. The zero-order valence-corrected chi connectivity index (χ0v) is 52.9. The van der Waals surface area contributed by atoms with Crippen LogP contribution in [-0.2, 0) is 14.3 Å². The van der Waals surface area contributed by atoms with Crippen molar-refractivity contribution in [3.63, 3.8) is 0 Å². The highest BCUT2D eigenvalue weighted by Gasteiger charge is 2.18. The van der Waals surface area contributed by atoms with Crippen LogP contribution in [0.2, 0.25) is 0 Å². The van der Waals surface area contributed by atoms with E-state index in [0.717, 1.165) is 44.9 Å².